The number of likely N-dealkylation sites (tertiary alicyclic amines) is 1. The van der Waals surface area contributed by atoms with Gasteiger partial charge in [-0.05, 0) is 37.0 Å². The Hall–Kier alpha value is -1.17. The maximum Gasteiger partial charge on any atom is 0.165 e. The van der Waals surface area contributed by atoms with Gasteiger partial charge in [-0.25, -0.2) is 4.39 Å². The summed E-state index contributed by atoms with van der Waals surface area (Å²) in [5.41, 5.74) is 0.924. The van der Waals surface area contributed by atoms with E-state index in [0.29, 0.717) is 12.4 Å². The molecule has 2 aliphatic rings. The summed E-state index contributed by atoms with van der Waals surface area (Å²) in [6.07, 6.45) is 3.18. The van der Waals surface area contributed by atoms with Crippen LogP contribution < -0.4 is 4.74 Å². The molecule has 2 saturated heterocycles. The van der Waals surface area contributed by atoms with Gasteiger partial charge in [0.1, 0.15) is 0 Å². The van der Waals surface area contributed by atoms with Crippen molar-refractivity contribution in [2.75, 3.05) is 26.8 Å². The van der Waals surface area contributed by atoms with Crippen molar-refractivity contribution in [2.24, 2.45) is 0 Å². The molecule has 1 aromatic carbocycles. The van der Waals surface area contributed by atoms with Gasteiger partial charge < -0.3 is 14.6 Å². The van der Waals surface area contributed by atoms with Crippen molar-refractivity contribution in [1.82, 2.24) is 4.90 Å². The minimum absolute atomic E-state index is 0.130. The number of aliphatic hydroxyl groups excluding tert-OH is 1. The van der Waals surface area contributed by atoms with E-state index in [-0.39, 0.29) is 17.5 Å². The zero-order chi connectivity index (χ0) is 15.6. The maximum absolute atomic E-state index is 13.4. The molecule has 1 spiro atoms. The van der Waals surface area contributed by atoms with E-state index in [4.69, 9.17) is 9.47 Å². The first kappa shape index (κ1) is 15.7. The van der Waals surface area contributed by atoms with E-state index in [1.54, 1.807) is 6.07 Å². The van der Waals surface area contributed by atoms with Gasteiger partial charge in [-0.15, -0.1) is 0 Å². The highest BCUT2D eigenvalue weighted by molar-refractivity contribution is 5.30. The second-order valence-electron chi connectivity index (χ2n) is 6.42. The Balaban J connectivity index is 1.58. The summed E-state index contributed by atoms with van der Waals surface area (Å²) in [5, 5.41) is 9.87. The molecule has 3 rings (SSSR count). The Kier molecular flexibility index (Phi) is 4.66. The third-order valence-electron chi connectivity index (χ3n) is 4.86. The Morgan fingerprint density at radius 3 is 2.86 bits per heavy atom. The lowest BCUT2D eigenvalue weighted by molar-refractivity contribution is -0.143. The number of benzene rings is 1. The SMILES string of the molecule is COc1cc(CN2CCC3(CC2)CC(O)CCO3)ccc1F. The Labute approximate surface area is 130 Å². The first-order valence-corrected chi connectivity index (χ1v) is 7.97. The average molecular weight is 309 g/mol. The molecule has 2 fully saturated rings. The zero-order valence-electron chi connectivity index (χ0n) is 13.1. The van der Waals surface area contributed by atoms with Crippen molar-refractivity contribution >= 4 is 0 Å². The number of hydrogen-bond donors (Lipinski definition) is 1. The van der Waals surface area contributed by atoms with Gasteiger partial charge in [0.25, 0.3) is 0 Å². The fraction of sp³-hybridized carbons (Fsp3) is 0.647. The van der Waals surface area contributed by atoms with E-state index < -0.39 is 0 Å². The van der Waals surface area contributed by atoms with E-state index >= 15 is 0 Å². The van der Waals surface area contributed by atoms with Crippen LogP contribution in [0.1, 0.15) is 31.2 Å². The number of methoxy groups -OCH3 is 1. The Bertz CT molecular complexity index is 515. The summed E-state index contributed by atoms with van der Waals surface area (Å²) < 4.78 is 24.5. The monoisotopic (exact) mass is 309 g/mol. The van der Waals surface area contributed by atoms with Gasteiger partial charge in [-0.1, -0.05) is 6.07 Å². The largest absolute Gasteiger partial charge is 0.494 e. The van der Waals surface area contributed by atoms with Gasteiger partial charge in [-0.3, -0.25) is 4.90 Å². The van der Waals surface area contributed by atoms with E-state index in [0.717, 1.165) is 50.9 Å². The summed E-state index contributed by atoms with van der Waals surface area (Å²) in [6.45, 7) is 3.32. The van der Waals surface area contributed by atoms with Crippen LogP contribution in [0.25, 0.3) is 0 Å². The van der Waals surface area contributed by atoms with Crippen LogP contribution in [0.2, 0.25) is 0 Å². The van der Waals surface area contributed by atoms with Crippen LogP contribution in [0.4, 0.5) is 4.39 Å². The summed E-state index contributed by atoms with van der Waals surface area (Å²) in [6, 6.07) is 5.03. The molecule has 122 valence electrons. The third-order valence-corrected chi connectivity index (χ3v) is 4.86. The molecule has 1 N–H and O–H groups in total. The maximum atomic E-state index is 13.4. The summed E-state index contributed by atoms with van der Waals surface area (Å²) in [5.74, 6) is -0.0295. The van der Waals surface area contributed by atoms with Crippen molar-refractivity contribution < 1.29 is 19.0 Å². The van der Waals surface area contributed by atoms with Gasteiger partial charge >= 0.3 is 0 Å². The number of piperidine rings is 1. The lowest BCUT2D eigenvalue weighted by Crippen LogP contribution is -2.50. The molecule has 5 heteroatoms. The van der Waals surface area contributed by atoms with Crippen LogP contribution in [-0.2, 0) is 11.3 Å². The molecular formula is C17H24FNO3. The number of rotatable bonds is 3. The fourth-order valence-corrected chi connectivity index (χ4v) is 3.53. The van der Waals surface area contributed by atoms with Crippen molar-refractivity contribution in [3.05, 3.63) is 29.6 Å². The lowest BCUT2D eigenvalue weighted by Gasteiger charge is -2.45. The first-order valence-electron chi connectivity index (χ1n) is 7.97. The molecule has 1 atom stereocenters. The smallest absolute Gasteiger partial charge is 0.165 e. The minimum Gasteiger partial charge on any atom is -0.494 e. The number of halogens is 1. The van der Waals surface area contributed by atoms with Crippen LogP contribution in [0.5, 0.6) is 5.75 Å². The molecule has 0 radical (unpaired) electrons. The Morgan fingerprint density at radius 2 is 2.18 bits per heavy atom. The second-order valence-corrected chi connectivity index (χ2v) is 6.42. The number of aliphatic hydroxyl groups is 1. The Morgan fingerprint density at radius 1 is 1.41 bits per heavy atom. The molecule has 1 unspecified atom stereocenters. The number of ether oxygens (including phenoxy) is 2. The second kappa shape index (κ2) is 6.52. The molecule has 2 aliphatic heterocycles. The normalized spacial score (nSPS) is 25.3. The molecule has 0 aromatic heterocycles. The predicted octanol–water partition coefficient (Wildman–Crippen LogP) is 2.34. The lowest BCUT2D eigenvalue weighted by atomic mass is 9.83. The average Bonchev–Trinajstić information content (AvgIpc) is 2.51. The molecule has 22 heavy (non-hydrogen) atoms. The van der Waals surface area contributed by atoms with E-state index in [9.17, 15) is 9.50 Å². The van der Waals surface area contributed by atoms with Gasteiger partial charge in [0.2, 0.25) is 0 Å². The quantitative estimate of drug-likeness (QED) is 0.930. The summed E-state index contributed by atoms with van der Waals surface area (Å²) >= 11 is 0. The standard InChI is InChI=1S/C17H24FNO3/c1-21-16-10-13(2-3-15(16)18)12-19-7-5-17(6-8-19)11-14(20)4-9-22-17/h2-3,10,14,20H,4-9,11-12H2,1H3. The van der Waals surface area contributed by atoms with E-state index in [1.165, 1.54) is 13.2 Å². The van der Waals surface area contributed by atoms with Gasteiger partial charge in [0.15, 0.2) is 11.6 Å². The van der Waals surface area contributed by atoms with Crippen LogP contribution in [0.3, 0.4) is 0 Å². The van der Waals surface area contributed by atoms with Crippen molar-refractivity contribution in [3.63, 3.8) is 0 Å². The van der Waals surface area contributed by atoms with Crippen LogP contribution in [-0.4, -0.2) is 48.5 Å². The fourth-order valence-electron chi connectivity index (χ4n) is 3.53. The topological polar surface area (TPSA) is 41.9 Å². The molecule has 0 bridgehead atoms. The highest BCUT2D eigenvalue weighted by Gasteiger charge is 2.39. The summed E-state index contributed by atoms with van der Waals surface area (Å²) in [4.78, 5) is 2.35. The highest BCUT2D eigenvalue weighted by Crippen LogP contribution is 2.35. The minimum atomic E-state index is -0.326. The van der Waals surface area contributed by atoms with Crippen molar-refractivity contribution in [2.45, 2.75) is 43.9 Å². The van der Waals surface area contributed by atoms with Gasteiger partial charge in [-0.2, -0.15) is 0 Å². The van der Waals surface area contributed by atoms with E-state index in [2.05, 4.69) is 4.90 Å². The van der Waals surface area contributed by atoms with Gasteiger partial charge in [0, 0.05) is 32.7 Å². The first-order chi connectivity index (χ1) is 10.6. The third kappa shape index (κ3) is 3.42. The molecule has 1 aromatic rings. The van der Waals surface area contributed by atoms with Crippen LogP contribution >= 0.6 is 0 Å². The van der Waals surface area contributed by atoms with Crippen molar-refractivity contribution in [1.29, 1.82) is 0 Å². The van der Waals surface area contributed by atoms with E-state index in [1.807, 2.05) is 6.07 Å². The molecule has 0 saturated carbocycles. The van der Waals surface area contributed by atoms with Crippen molar-refractivity contribution in [3.8, 4) is 5.75 Å². The summed E-state index contributed by atoms with van der Waals surface area (Å²) in [7, 11) is 1.48. The van der Waals surface area contributed by atoms with Crippen LogP contribution in [0.15, 0.2) is 18.2 Å². The number of hydrogen-bond acceptors (Lipinski definition) is 4. The predicted molar refractivity (Wildman–Crippen MR) is 81.4 cm³/mol. The molecular weight excluding hydrogens is 285 g/mol. The van der Waals surface area contributed by atoms with Gasteiger partial charge in [0.05, 0.1) is 18.8 Å². The molecule has 2 heterocycles. The molecule has 0 aliphatic carbocycles. The van der Waals surface area contributed by atoms with Crippen LogP contribution in [0, 0.1) is 5.82 Å². The highest BCUT2D eigenvalue weighted by atomic mass is 19.1. The molecule has 0 amide bonds. The zero-order valence-corrected chi connectivity index (χ0v) is 13.1. The molecule has 4 nitrogen and oxygen atoms in total. The number of nitrogens with zero attached hydrogens (tertiary/aromatic N) is 1.